The Labute approximate surface area is 128 Å². The number of thioether (sulfide) groups is 1. The average Bonchev–Trinajstić information content (AvgIpc) is 2.64. The van der Waals surface area contributed by atoms with Gasteiger partial charge in [-0.3, -0.25) is 0 Å². The molecule has 1 aromatic heterocycles. The molecule has 3 N–H and O–H groups in total. The van der Waals surface area contributed by atoms with Gasteiger partial charge in [-0.25, -0.2) is 17.9 Å². The first-order valence-electron chi connectivity index (χ1n) is 6.70. The fourth-order valence-corrected chi connectivity index (χ4v) is 5.25. The fraction of sp³-hybridized carbons (Fsp3) is 0.615. The Kier molecular flexibility index (Phi) is 4.41. The predicted octanol–water partition coefficient (Wildman–Crippen LogP) is 1.89. The van der Waals surface area contributed by atoms with Crippen LogP contribution in [0.25, 0.3) is 0 Å². The van der Waals surface area contributed by atoms with Crippen LogP contribution in [0, 0.1) is 13.8 Å². The van der Waals surface area contributed by atoms with E-state index in [2.05, 4.69) is 9.71 Å². The van der Waals surface area contributed by atoms with Crippen LogP contribution in [0.1, 0.15) is 41.0 Å². The summed E-state index contributed by atoms with van der Waals surface area (Å²) in [7, 11) is -3.71. The van der Waals surface area contributed by atoms with Crippen LogP contribution in [0.3, 0.4) is 0 Å². The van der Waals surface area contributed by atoms with Crippen molar-refractivity contribution >= 4 is 27.8 Å². The summed E-state index contributed by atoms with van der Waals surface area (Å²) in [6.07, 6.45) is 5.11. The quantitative estimate of drug-likeness (QED) is 0.739. The van der Waals surface area contributed by atoms with Crippen molar-refractivity contribution in [2.75, 3.05) is 12.8 Å². The monoisotopic (exact) mass is 332 g/mol. The maximum Gasteiger partial charge on any atom is 0.352 e. The summed E-state index contributed by atoms with van der Waals surface area (Å²) >= 11 is 1.68. The molecule has 0 saturated heterocycles. The second-order valence-electron chi connectivity index (χ2n) is 5.45. The SMILES string of the molecule is CSC1(CNS(=O)(=O)c2c(C)[nH]c(C(=O)O)c2C)CCC1. The highest BCUT2D eigenvalue weighted by molar-refractivity contribution is 8.00. The summed E-state index contributed by atoms with van der Waals surface area (Å²) in [5.74, 6) is -1.16. The third-order valence-corrected chi connectivity index (χ3v) is 7.23. The zero-order chi connectivity index (χ0) is 15.8. The molecule has 0 radical (unpaired) electrons. The van der Waals surface area contributed by atoms with E-state index in [9.17, 15) is 13.2 Å². The minimum absolute atomic E-state index is 0.0131. The second-order valence-corrected chi connectivity index (χ2v) is 8.43. The number of carbonyl (C=O) groups is 1. The van der Waals surface area contributed by atoms with Crippen molar-refractivity contribution in [1.82, 2.24) is 9.71 Å². The van der Waals surface area contributed by atoms with Gasteiger partial charge in [0.15, 0.2) is 0 Å². The van der Waals surface area contributed by atoms with E-state index in [1.54, 1.807) is 18.7 Å². The zero-order valence-electron chi connectivity index (χ0n) is 12.3. The van der Waals surface area contributed by atoms with Crippen molar-refractivity contribution in [1.29, 1.82) is 0 Å². The van der Waals surface area contributed by atoms with Gasteiger partial charge in [-0.15, -0.1) is 0 Å². The molecule has 2 rings (SSSR count). The Balaban J connectivity index is 2.26. The van der Waals surface area contributed by atoms with Gasteiger partial charge in [0.2, 0.25) is 10.0 Å². The standard InChI is InChI=1S/C13H20N2O4S2/c1-8-10(12(16)17)15-9(2)11(8)21(18,19)14-7-13(20-3)5-4-6-13/h14-15H,4-7H2,1-3H3,(H,16,17). The van der Waals surface area contributed by atoms with E-state index < -0.39 is 16.0 Å². The van der Waals surface area contributed by atoms with Crippen molar-refractivity contribution in [2.24, 2.45) is 0 Å². The molecule has 0 unspecified atom stereocenters. The number of aromatic nitrogens is 1. The lowest BCUT2D eigenvalue weighted by atomic mass is 9.84. The number of nitrogens with one attached hydrogen (secondary N) is 2. The van der Waals surface area contributed by atoms with Crippen LogP contribution < -0.4 is 4.72 Å². The Morgan fingerprint density at radius 2 is 2.05 bits per heavy atom. The lowest BCUT2D eigenvalue weighted by Gasteiger charge is -2.40. The van der Waals surface area contributed by atoms with Gasteiger partial charge in [-0.05, 0) is 32.9 Å². The van der Waals surface area contributed by atoms with Gasteiger partial charge < -0.3 is 10.1 Å². The Bertz CT molecular complexity index is 654. The second kappa shape index (κ2) is 5.66. The number of H-pyrrole nitrogens is 1. The van der Waals surface area contributed by atoms with E-state index in [0.717, 1.165) is 19.3 Å². The van der Waals surface area contributed by atoms with E-state index in [1.807, 2.05) is 6.26 Å². The molecule has 0 amide bonds. The van der Waals surface area contributed by atoms with Crippen molar-refractivity contribution < 1.29 is 18.3 Å². The maximum atomic E-state index is 12.5. The van der Waals surface area contributed by atoms with E-state index in [4.69, 9.17) is 5.11 Å². The molecule has 0 spiro atoms. The van der Waals surface area contributed by atoms with E-state index in [0.29, 0.717) is 12.2 Å². The zero-order valence-corrected chi connectivity index (χ0v) is 13.9. The molecule has 8 heteroatoms. The highest BCUT2D eigenvalue weighted by Gasteiger charge is 2.38. The molecule has 1 aromatic rings. The van der Waals surface area contributed by atoms with Gasteiger partial charge >= 0.3 is 5.97 Å². The van der Waals surface area contributed by atoms with E-state index in [-0.39, 0.29) is 20.9 Å². The molecule has 1 heterocycles. The number of hydrogen-bond acceptors (Lipinski definition) is 4. The summed E-state index contributed by atoms with van der Waals surface area (Å²) < 4.78 is 27.6. The molecule has 118 valence electrons. The summed E-state index contributed by atoms with van der Waals surface area (Å²) in [6, 6.07) is 0. The van der Waals surface area contributed by atoms with Crippen molar-refractivity contribution in [3.63, 3.8) is 0 Å². The smallest absolute Gasteiger partial charge is 0.352 e. The molecule has 0 aromatic carbocycles. The Morgan fingerprint density at radius 1 is 1.43 bits per heavy atom. The Hall–Kier alpha value is -0.990. The minimum Gasteiger partial charge on any atom is -0.477 e. The molecule has 1 saturated carbocycles. The number of carboxylic acids is 1. The summed E-state index contributed by atoms with van der Waals surface area (Å²) in [5.41, 5.74) is 0.527. The summed E-state index contributed by atoms with van der Waals surface area (Å²) in [5, 5.41) is 9.06. The molecule has 21 heavy (non-hydrogen) atoms. The van der Waals surface area contributed by atoms with Crippen molar-refractivity contribution in [2.45, 2.75) is 42.8 Å². The first kappa shape index (κ1) is 16.4. The van der Waals surface area contributed by atoms with Gasteiger partial charge in [-0.1, -0.05) is 6.42 Å². The number of rotatable bonds is 6. The first-order valence-corrected chi connectivity index (χ1v) is 9.40. The third kappa shape index (κ3) is 2.97. The van der Waals surface area contributed by atoms with Gasteiger partial charge in [0.1, 0.15) is 10.6 Å². The Morgan fingerprint density at radius 3 is 2.43 bits per heavy atom. The van der Waals surface area contributed by atoms with Gasteiger partial charge in [-0.2, -0.15) is 11.8 Å². The molecule has 0 atom stereocenters. The fourth-order valence-electron chi connectivity index (χ4n) is 2.67. The first-order chi connectivity index (χ1) is 9.72. The normalized spacial score (nSPS) is 17.5. The van der Waals surface area contributed by atoms with E-state index in [1.165, 1.54) is 6.92 Å². The number of aromatic amines is 1. The van der Waals surface area contributed by atoms with Crippen molar-refractivity contribution in [3.8, 4) is 0 Å². The molecule has 0 aliphatic heterocycles. The largest absolute Gasteiger partial charge is 0.477 e. The number of aromatic carboxylic acids is 1. The average molecular weight is 332 g/mol. The molecule has 0 bridgehead atoms. The summed E-state index contributed by atoms with van der Waals surface area (Å²) in [6.45, 7) is 3.46. The number of aryl methyl sites for hydroxylation is 1. The highest BCUT2D eigenvalue weighted by Crippen LogP contribution is 2.42. The predicted molar refractivity (Wildman–Crippen MR) is 82.5 cm³/mol. The minimum atomic E-state index is -3.71. The van der Waals surface area contributed by atoms with Gasteiger partial charge in [0.25, 0.3) is 0 Å². The van der Waals surface area contributed by atoms with Crippen LogP contribution >= 0.6 is 11.8 Å². The molecule has 1 aliphatic rings. The number of sulfonamides is 1. The van der Waals surface area contributed by atoms with Crippen LogP contribution in [-0.2, 0) is 10.0 Å². The van der Waals surface area contributed by atoms with Gasteiger partial charge in [0, 0.05) is 22.5 Å². The number of hydrogen-bond donors (Lipinski definition) is 3. The van der Waals surface area contributed by atoms with Crippen LogP contribution in [0.4, 0.5) is 0 Å². The van der Waals surface area contributed by atoms with Crippen molar-refractivity contribution in [3.05, 3.63) is 17.0 Å². The topological polar surface area (TPSA) is 99.3 Å². The van der Waals surface area contributed by atoms with Crippen LogP contribution in [0.5, 0.6) is 0 Å². The third-order valence-electron chi connectivity index (χ3n) is 4.13. The molecular weight excluding hydrogens is 312 g/mol. The molecular formula is C13H20N2O4S2. The van der Waals surface area contributed by atoms with E-state index >= 15 is 0 Å². The molecule has 1 fully saturated rings. The maximum absolute atomic E-state index is 12.5. The van der Waals surface area contributed by atoms with Crippen LogP contribution in [0.15, 0.2) is 4.90 Å². The highest BCUT2D eigenvalue weighted by atomic mass is 32.2. The lowest BCUT2D eigenvalue weighted by molar-refractivity contribution is 0.0690. The van der Waals surface area contributed by atoms with Gasteiger partial charge in [0.05, 0.1) is 0 Å². The van der Waals surface area contributed by atoms with Crippen LogP contribution in [0.2, 0.25) is 0 Å². The molecule has 6 nitrogen and oxygen atoms in total. The lowest BCUT2D eigenvalue weighted by Crippen LogP contribution is -2.45. The number of carboxylic acid groups (broad SMARTS) is 1. The molecule has 1 aliphatic carbocycles. The van der Waals surface area contributed by atoms with Crippen LogP contribution in [-0.4, -0.2) is 42.0 Å². The summed E-state index contributed by atoms with van der Waals surface area (Å²) in [4.78, 5) is 13.8.